The molecule has 1 amide bonds. The van der Waals surface area contributed by atoms with E-state index in [0.717, 1.165) is 11.1 Å². The summed E-state index contributed by atoms with van der Waals surface area (Å²) in [5.74, 6) is -0.543. The normalized spacial score (nSPS) is 11.7. The van der Waals surface area contributed by atoms with Crippen molar-refractivity contribution < 1.29 is 9.53 Å². The number of hydrogen-bond acceptors (Lipinski definition) is 5. The number of amides is 1. The third-order valence-electron chi connectivity index (χ3n) is 5.65. The summed E-state index contributed by atoms with van der Waals surface area (Å²) < 4.78 is 6.39. The molecule has 0 spiro atoms. The van der Waals surface area contributed by atoms with Crippen LogP contribution in [0.25, 0.3) is 6.08 Å². The van der Waals surface area contributed by atoms with E-state index in [1.54, 1.807) is 6.08 Å². The minimum atomic E-state index is -0.732. The van der Waals surface area contributed by atoms with Crippen molar-refractivity contribution >= 4 is 23.5 Å². The van der Waals surface area contributed by atoms with Gasteiger partial charge < -0.3 is 10.5 Å². The molecule has 3 aromatic rings. The summed E-state index contributed by atoms with van der Waals surface area (Å²) in [4.78, 5) is 42.0. The fourth-order valence-electron chi connectivity index (χ4n) is 3.63. The number of carbonyl (C=O) groups excluding carboxylic acids is 1. The van der Waals surface area contributed by atoms with Crippen LogP contribution in [0.1, 0.15) is 37.5 Å². The van der Waals surface area contributed by atoms with Crippen LogP contribution in [0.5, 0.6) is 0 Å². The molecular formula is C27H32N4O4. The van der Waals surface area contributed by atoms with Crippen molar-refractivity contribution in [1.29, 1.82) is 0 Å². The Morgan fingerprint density at radius 1 is 1.09 bits per heavy atom. The van der Waals surface area contributed by atoms with Crippen LogP contribution in [0, 0.1) is 0 Å². The summed E-state index contributed by atoms with van der Waals surface area (Å²) in [6, 6.07) is 17.2. The van der Waals surface area contributed by atoms with E-state index in [1.807, 2.05) is 54.6 Å². The molecule has 2 aromatic carbocycles. The van der Waals surface area contributed by atoms with Gasteiger partial charge in [0.05, 0.1) is 13.2 Å². The topological polar surface area (TPSA) is 110 Å². The highest BCUT2D eigenvalue weighted by atomic mass is 16.5. The lowest BCUT2D eigenvalue weighted by atomic mass is 9.87. The van der Waals surface area contributed by atoms with E-state index in [2.05, 4.69) is 25.8 Å². The third-order valence-corrected chi connectivity index (χ3v) is 5.65. The van der Waals surface area contributed by atoms with Crippen molar-refractivity contribution in [3.05, 3.63) is 98.2 Å². The van der Waals surface area contributed by atoms with Crippen molar-refractivity contribution in [2.45, 2.75) is 32.7 Å². The minimum Gasteiger partial charge on any atom is -0.383 e. The lowest BCUT2D eigenvalue weighted by Crippen LogP contribution is -2.42. The average Bonchev–Trinajstić information content (AvgIpc) is 2.82. The molecule has 0 bridgehead atoms. The van der Waals surface area contributed by atoms with Gasteiger partial charge in [0.1, 0.15) is 5.82 Å². The first-order chi connectivity index (χ1) is 16.6. The van der Waals surface area contributed by atoms with Crippen LogP contribution in [0.3, 0.4) is 0 Å². The average molecular weight is 477 g/mol. The number of methoxy groups -OCH3 is 1. The van der Waals surface area contributed by atoms with E-state index in [4.69, 9.17) is 10.5 Å². The van der Waals surface area contributed by atoms with E-state index in [0.29, 0.717) is 0 Å². The molecule has 8 heteroatoms. The molecule has 0 atom stereocenters. The highest BCUT2D eigenvalue weighted by Crippen LogP contribution is 2.23. The number of hydrogen-bond donors (Lipinski definition) is 2. The first-order valence-corrected chi connectivity index (χ1v) is 11.4. The molecule has 184 valence electrons. The van der Waals surface area contributed by atoms with Gasteiger partial charge in [-0.1, -0.05) is 75.4 Å². The zero-order chi connectivity index (χ0) is 25.6. The van der Waals surface area contributed by atoms with Gasteiger partial charge in [0, 0.05) is 19.7 Å². The highest BCUT2D eigenvalue weighted by Gasteiger charge is 2.23. The number of benzene rings is 2. The van der Waals surface area contributed by atoms with Crippen molar-refractivity contribution in [2.24, 2.45) is 0 Å². The van der Waals surface area contributed by atoms with E-state index in [1.165, 1.54) is 28.2 Å². The predicted octanol–water partition coefficient (Wildman–Crippen LogP) is 3.16. The molecular weight excluding hydrogens is 444 g/mol. The fraction of sp³-hybridized carbons (Fsp3) is 0.296. The second-order valence-corrected chi connectivity index (χ2v) is 9.25. The smallest absolute Gasteiger partial charge is 0.330 e. The second kappa shape index (κ2) is 11.0. The largest absolute Gasteiger partial charge is 0.383 e. The molecule has 8 nitrogen and oxygen atoms in total. The molecule has 0 saturated carbocycles. The van der Waals surface area contributed by atoms with Gasteiger partial charge in [-0.3, -0.25) is 24.0 Å². The molecule has 0 aliphatic rings. The van der Waals surface area contributed by atoms with Gasteiger partial charge in [-0.2, -0.15) is 0 Å². The van der Waals surface area contributed by atoms with Crippen LogP contribution in [-0.4, -0.2) is 35.7 Å². The number of nitrogens with zero attached hydrogens (tertiary/aromatic N) is 2. The number of anilines is 2. The van der Waals surface area contributed by atoms with Crippen LogP contribution in [0.15, 0.2) is 70.3 Å². The van der Waals surface area contributed by atoms with Gasteiger partial charge in [0.2, 0.25) is 0 Å². The molecule has 0 fully saturated rings. The van der Waals surface area contributed by atoms with Gasteiger partial charge in [0.25, 0.3) is 11.5 Å². The molecule has 0 saturated heterocycles. The number of nitrogens with one attached hydrogen (secondary N) is 1. The first kappa shape index (κ1) is 25.7. The van der Waals surface area contributed by atoms with Crippen LogP contribution in [0.4, 0.5) is 11.5 Å². The van der Waals surface area contributed by atoms with E-state index in [-0.39, 0.29) is 36.6 Å². The molecule has 0 aliphatic heterocycles. The van der Waals surface area contributed by atoms with Gasteiger partial charge >= 0.3 is 5.69 Å². The predicted molar refractivity (Wildman–Crippen MR) is 140 cm³/mol. The molecule has 0 unspecified atom stereocenters. The molecule has 3 N–H and O–H groups in total. The molecule has 0 radical (unpaired) electrons. The molecule has 35 heavy (non-hydrogen) atoms. The molecule has 1 aromatic heterocycles. The Morgan fingerprint density at radius 2 is 1.74 bits per heavy atom. The number of aromatic amines is 1. The number of aromatic nitrogens is 2. The summed E-state index contributed by atoms with van der Waals surface area (Å²) in [6.45, 7) is 6.81. The van der Waals surface area contributed by atoms with Crippen molar-refractivity contribution in [3.63, 3.8) is 0 Å². The summed E-state index contributed by atoms with van der Waals surface area (Å²) >= 11 is 0. The number of carbonyl (C=O) groups is 1. The summed E-state index contributed by atoms with van der Waals surface area (Å²) in [6.07, 6.45) is 3.06. The lowest BCUT2D eigenvalue weighted by molar-refractivity contribution is -0.114. The SMILES string of the molecule is COCCN(C(=O)/C=C/c1ccc(C(C)(C)C)cc1)c1c(N)n(Cc2ccccc2)c(=O)[nH]c1=O. The minimum absolute atomic E-state index is 0.0242. The van der Waals surface area contributed by atoms with Gasteiger partial charge in [0.15, 0.2) is 5.69 Å². The van der Waals surface area contributed by atoms with Crippen LogP contribution in [-0.2, 0) is 21.5 Å². The second-order valence-electron chi connectivity index (χ2n) is 9.25. The number of rotatable bonds is 8. The molecule has 0 aliphatic carbocycles. The number of H-pyrrole nitrogens is 1. The maximum absolute atomic E-state index is 13.2. The summed E-state index contributed by atoms with van der Waals surface area (Å²) in [5.41, 5.74) is 7.70. The molecule has 1 heterocycles. The van der Waals surface area contributed by atoms with E-state index < -0.39 is 17.2 Å². The van der Waals surface area contributed by atoms with E-state index in [9.17, 15) is 14.4 Å². The molecule has 3 rings (SSSR count). The Balaban J connectivity index is 1.95. The maximum Gasteiger partial charge on any atom is 0.330 e. The van der Waals surface area contributed by atoms with Crippen molar-refractivity contribution in [1.82, 2.24) is 9.55 Å². The Hall–Kier alpha value is -3.91. The monoisotopic (exact) mass is 476 g/mol. The Morgan fingerprint density at radius 3 is 2.34 bits per heavy atom. The van der Waals surface area contributed by atoms with Crippen LogP contribution < -0.4 is 21.9 Å². The Kier molecular flexibility index (Phi) is 8.09. The zero-order valence-electron chi connectivity index (χ0n) is 20.6. The van der Waals surface area contributed by atoms with E-state index >= 15 is 0 Å². The van der Waals surface area contributed by atoms with Gasteiger partial charge in [-0.05, 0) is 28.2 Å². The van der Waals surface area contributed by atoms with Crippen molar-refractivity contribution in [3.8, 4) is 0 Å². The summed E-state index contributed by atoms with van der Waals surface area (Å²) in [5, 5.41) is 0. The van der Waals surface area contributed by atoms with Crippen molar-refractivity contribution in [2.75, 3.05) is 30.9 Å². The number of ether oxygens (including phenoxy) is 1. The maximum atomic E-state index is 13.2. The first-order valence-electron chi connectivity index (χ1n) is 11.4. The standard InChI is InChI=1S/C27H32N4O4/c1-27(2,3)21-13-10-19(11-14-21)12-15-22(32)30(16-17-35-4)23-24(28)31(26(34)29-25(23)33)18-20-8-6-5-7-9-20/h5-15H,16-18,28H2,1-4H3,(H,29,33,34)/b15-12+. The highest BCUT2D eigenvalue weighted by molar-refractivity contribution is 6.05. The Labute approximate surface area is 204 Å². The lowest BCUT2D eigenvalue weighted by Gasteiger charge is -2.23. The number of nitrogen functional groups attached to an aromatic ring is 1. The zero-order valence-corrected chi connectivity index (χ0v) is 20.6. The van der Waals surface area contributed by atoms with Gasteiger partial charge in [-0.15, -0.1) is 0 Å². The Bertz CT molecular complexity index is 1300. The number of nitrogens with two attached hydrogens (primary N) is 1. The van der Waals surface area contributed by atoms with Crippen LogP contribution in [0.2, 0.25) is 0 Å². The summed E-state index contributed by atoms with van der Waals surface area (Å²) in [7, 11) is 1.50. The third kappa shape index (κ3) is 6.36. The quantitative estimate of drug-likeness (QED) is 0.485. The van der Waals surface area contributed by atoms with Gasteiger partial charge in [-0.25, -0.2) is 4.79 Å². The van der Waals surface area contributed by atoms with Crippen LogP contribution >= 0.6 is 0 Å². The fourth-order valence-corrected chi connectivity index (χ4v) is 3.63.